The molecule has 1 aromatic rings. The van der Waals surface area contributed by atoms with E-state index in [2.05, 4.69) is 6.58 Å². The zero-order chi connectivity index (χ0) is 14.2. The molecule has 1 heterocycles. The molecule has 2 nitrogen and oxygen atoms in total. The fourth-order valence-corrected chi connectivity index (χ4v) is 2.76. The minimum absolute atomic E-state index is 0.0144. The predicted molar refractivity (Wildman–Crippen MR) is 81.7 cm³/mol. The molecule has 0 radical (unpaired) electrons. The van der Waals surface area contributed by atoms with E-state index in [0.29, 0.717) is 0 Å². The van der Waals surface area contributed by atoms with E-state index in [4.69, 9.17) is 4.74 Å². The number of rotatable bonds is 9. The first-order valence-corrected chi connectivity index (χ1v) is 7.73. The topological polar surface area (TPSA) is 26.3 Å². The SMILES string of the molecule is C=CCCCCCCCCC1OC(=O)c2ccccc21. The van der Waals surface area contributed by atoms with E-state index in [1.165, 1.54) is 32.1 Å². The van der Waals surface area contributed by atoms with Gasteiger partial charge in [0, 0.05) is 5.56 Å². The summed E-state index contributed by atoms with van der Waals surface area (Å²) in [5.74, 6) is -0.157. The van der Waals surface area contributed by atoms with Crippen LogP contribution in [0, 0.1) is 0 Å². The van der Waals surface area contributed by atoms with Crippen molar-refractivity contribution in [1.82, 2.24) is 0 Å². The van der Waals surface area contributed by atoms with Crippen molar-refractivity contribution in [3.05, 3.63) is 48.0 Å². The maximum atomic E-state index is 11.7. The summed E-state index contributed by atoms with van der Waals surface area (Å²) in [6, 6.07) is 7.75. The van der Waals surface area contributed by atoms with Crippen molar-refractivity contribution in [3.63, 3.8) is 0 Å². The Labute approximate surface area is 121 Å². The average molecular weight is 272 g/mol. The molecule has 0 saturated heterocycles. The van der Waals surface area contributed by atoms with E-state index in [-0.39, 0.29) is 12.1 Å². The van der Waals surface area contributed by atoms with Crippen LogP contribution in [0.15, 0.2) is 36.9 Å². The van der Waals surface area contributed by atoms with Crippen molar-refractivity contribution in [1.29, 1.82) is 0 Å². The Morgan fingerprint density at radius 2 is 1.75 bits per heavy atom. The van der Waals surface area contributed by atoms with Gasteiger partial charge in [-0.1, -0.05) is 50.0 Å². The normalized spacial score (nSPS) is 16.8. The third-order valence-corrected chi connectivity index (χ3v) is 3.90. The lowest BCUT2D eigenvalue weighted by Crippen LogP contribution is -1.98. The van der Waals surface area contributed by atoms with Gasteiger partial charge in [-0.25, -0.2) is 4.79 Å². The van der Waals surface area contributed by atoms with Crippen LogP contribution in [-0.4, -0.2) is 5.97 Å². The van der Waals surface area contributed by atoms with Crippen molar-refractivity contribution in [2.75, 3.05) is 0 Å². The molecule has 0 spiro atoms. The Bertz CT molecular complexity index is 450. The molecular formula is C18H24O2. The molecule has 0 bridgehead atoms. The molecule has 0 saturated carbocycles. The van der Waals surface area contributed by atoms with Crippen molar-refractivity contribution < 1.29 is 9.53 Å². The first-order valence-electron chi connectivity index (χ1n) is 7.73. The third kappa shape index (κ3) is 3.96. The van der Waals surface area contributed by atoms with Crippen LogP contribution < -0.4 is 0 Å². The fourth-order valence-electron chi connectivity index (χ4n) is 2.76. The van der Waals surface area contributed by atoms with Crippen LogP contribution in [0.3, 0.4) is 0 Å². The smallest absolute Gasteiger partial charge is 0.339 e. The number of carbonyl (C=O) groups excluding carboxylic acids is 1. The van der Waals surface area contributed by atoms with Crippen molar-refractivity contribution in [3.8, 4) is 0 Å². The highest BCUT2D eigenvalue weighted by molar-refractivity contribution is 5.93. The first-order chi connectivity index (χ1) is 9.83. The number of ether oxygens (including phenoxy) is 1. The van der Waals surface area contributed by atoms with Gasteiger partial charge < -0.3 is 4.74 Å². The number of allylic oxidation sites excluding steroid dienone is 1. The molecule has 0 amide bonds. The summed E-state index contributed by atoms with van der Waals surface area (Å²) < 4.78 is 5.44. The molecule has 2 rings (SSSR count). The Hall–Kier alpha value is -1.57. The van der Waals surface area contributed by atoms with Gasteiger partial charge in [-0.05, 0) is 31.7 Å². The summed E-state index contributed by atoms with van der Waals surface area (Å²) in [6.07, 6.45) is 11.6. The molecule has 1 aromatic carbocycles. The third-order valence-electron chi connectivity index (χ3n) is 3.90. The van der Waals surface area contributed by atoms with Gasteiger partial charge >= 0.3 is 5.97 Å². The molecule has 1 aliphatic rings. The van der Waals surface area contributed by atoms with E-state index >= 15 is 0 Å². The quantitative estimate of drug-likeness (QED) is 0.350. The maximum absolute atomic E-state index is 11.7. The summed E-state index contributed by atoms with van der Waals surface area (Å²) in [6.45, 7) is 3.74. The van der Waals surface area contributed by atoms with Gasteiger partial charge in [-0.2, -0.15) is 0 Å². The van der Waals surface area contributed by atoms with Crippen LogP contribution in [-0.2, 0) is 4.74 Å². The fraction of sp³-hybridized carbons (Fsp3) is 0.500. The Morgan fingerprint density at radius 1 is 1.05 bits per heavy atom. The minimum atomic E-state index is -0.157. The summed E-state index contributed by atoms with van der Waals surface area (Å²) in [5, 5.41) is 0. The van der Waals surface area contributed by atoms with Crippen LogP contribution in [0.4, 0.5) is 0 Å². The number of fused-ring (bicyclic) bond motifs is 1. The molecule has 0 fully saturated rings. The molecule has 0 N–H and O–H groups in total. The maximum Gasteiger partial charge on any atom is 0.339 e. The molecule has 2 heteroatoms. The van der Waals surface area contributed by atoms with Crippen molar-refractivity contribution in [2.24, 2.45) is 0 Å². The number of esters is 1. The van der Waals surface area contributed by atoms with Gasteiger partial charge in [0.05, 0.1) is 5.56 Å². The predicted octanol–water partition coefficient (Wildman–Crippen LogP) is 5.20. The highest BCUT2D eigenvalue weighted by atomic mass is 16.5. The number of unbranched alkanes of at least 4 members (excludes halogenated alkanes) is 6. The molecule has 0 aliphatic carbocycles. The zero-order valence-electron chi connectivity index (χ0n) is 12.1. The van der Waals surface area contributed by atoms with E-state index in [9.17, 15) is 4.79 Å². The van der Waals surface area contributed by atoms with Crippen LogP contribution >= 0.6 is 0 Å². The van der Waals surface area contributed by atoms with Gasteiger partial charge in [-0.3, -0.25) is 0 Å². The molecule has 108 valence electrons. The standard InChI is InChI=1S/C18H24O2/c1-2-3-4-5-6-7-8-9-14-17-15-12-10-11-13-16(15)18(19)20-17/h2,10-13,17H,1,3-9,14H2. The van der Waals surface area contributed by atoms with Crippen molar-refractivity contribution in [2.45, 2.75) is 57.5 Å². The Kier molecular flexibility index (Phi) is 5.85. The second kappa shape index (κ2) is 7.88. The first kappa shape index (κ1) is 14.8. The zero-order valence-corrected chi connectivity index (χ0v) is 12.1. The number of hydrogen-bond donors (Lipinski definition) is 0. The van der Waals surface area contributed by atoms with E-state index < -0.39 is 0 Å². The lowest BCUT2D eigenvalue weighted by Gasteiger charge is -2.10. The molecule has 1 atom stereocenters. The second-order valence-electron chi connectivity index (χ2n) is 5.47. The van der Waals surface area contributed by atoms with E-state index in [1.54, 1.807) is 0 Å². The molecular weight excluding hydrogens is 248 g/mol. The highest BCUT2D eigenvalue weighted by Gasteiger charge is 2.29. The largest absolute Gasteiger partial charge is 0.454 e. The summed E-state index contributed by atoms with van der Waals surface area (Å²) >= 11 is 0. The number of cyclic esters (lactones) is 1. The number of carbonyl (C=O) groups is 1. The van der Waals surface area contributed by atoms with Gasteiger partial charge in [-0.15, -0.1) is 6.58 Å². The monoisotopic (exact) mass is 272 g/mol. The Balaban J connectivity index is 1.64. The number of benzene rings is 1. The van der Waals surface area contributed by atoms with Gasteiger partial charge in [0.2, 0.25) is 0 Å². The molecule has 20 heavy (non-hydrogen) atoms. The second-order valence-corrected chi connectivity index (χ2v) is 5.47. The van der Waals surface area contributed by atoms with Crippen LogP contribution in [0.2, 0.25) is 0 Å². The number of hydrogen-bond acceptors (Lipinski definition) is 2. The van der Waals surface area contributed by atoms with Gasteiger partial charge in [0.15, 0.2) is 0 Å². The average Bonchev–Trinajstić information content (AvgIpc) is 2.79. The van der Waals surface area contributed by atoms with E-state index in [1.807, 2.05) is 30.3 Å². The van der Waals surface area contributed by atoms with Gasteiger partial charge in [0.25, 0.3) is 0 Å². The summed E-state index contributed by atoms with van der Waals surface area (Å²) in [7, 11) is 0. The van der Waals surface area contributed by atoms with Crippen LogP contribution in [0.5, 0.6) is 0 Å². The molecule has 1 unspecified atom stereocenters. The highest BCUT2D eigenvalue weighted by Crippen LogP contribution is 2.34. The summed E-state index contributed by atoms with van der Waals surface area (Å²) in [5.41, 5.74) is 1.82. The van der Waals surface area contributed by atoms with E-state index in [0.717, 1.165) is 30.4 Å². The van der Waals surface area contributed by atoms with Gasteiger partial charge in [0.1, 0.15) is 6.10 Å². The van der Waals surface area contributed by atoms with Crippen molar-refractivity contribution >= 4 is 5.97 Å². The minimum Gasteiger partial charge on any atom is -0.454 e. The molecule has 0 aromatic heterocycles. The van der Waals surface area contributed by atoms with Crippen LogP contribution in [0.25, 0.3) is 0 Å². The lowest BCUT2D eigenvalue weighted by molar-refractivity contribution is 0.0363. The Morgan fingerprint density at radius 3 is 2.55 bits per heavy atom. The summed E-state index contributed by atoms with van der Waals surface area (Å²) in [4.78, 5) is 11.7. The molecule has 1 aliphatic heterocycles. The lowest BCUT2D eigenvalue weighted by atomic mass is 10.00. The van der Waals surface area contributed by atoms with Crippen LogP contribution in [0.1, 0.15) is 73.4 Å².